The fraction of sp³-hybridized carbons (Fsp3) is 0.923. The van der Waals surface area contributed by atoms with Gasteiger partial charge < -0.3 is 13.9 Å². The van der Waals surface area contributed by atoms with Crippen LogP contribution < -0.4 is 0 Å². The molecule has 0 amide bonds. The minimum atomic E-state index is -1.04. The number of nitrogens with zero attached hydrogens (tertiary/aromatic N) is 2. The van der Waals surface area contributed by atoms with Gasteiger partial charge in [-0.25, -0.2) is 11.2 Å². The number of hydrogen-bond acceptors (Lipinski definition) is 3. The van der Waals surface area contributed by atoms with Crippen LogP contribution in [0.4, 0.5) is 0 Å². The molecule has 0 aliphatic carbocycles. The van der Waals surface area contributed by atoms with E-state index >= 15 is 0 Å². The van der Waals surface area contributed by atoms with E-state index < -0.39 is 8.53 Å². The molecule has 0 saturated heterocycles. The molecule has 0 bridgehead atoms. The lowest BCUT2D eigenvalue weighted by Gasteiger charge is -2.35. The Morgan fingerprint density at radius 2 is 1.67 bits per heavy atom. The first-order valence-electron chi connectivity index (χ1n) is 6.72. The summed E-state index contributed by atoms with van der Waals surface area (Å²) in [5.41, 5.74) is 0. The van der Waals surface area contributed by atoms with E-state index in [-0.39, 0.29) is 0 Å². The lowest BCUT2D eigenvalue weighted by Crippen LogP contribution is -2.33. The summed E-state index contributed by atoms with van der Waals surface area (Å²) in [6.07, 6.45) is 2.17. The maximum Gasteiger partial charge on any atom is 0.259 e. The zero-order valence-corrected chi connectivity index (χ0v) is 13.2. The van der Waals surface area contributed by atoms with Crippen molar-refractivity contribution in [1.82, 2.24) is 4.67 Å². The molecule has 0 aromatic rings. The Morgan fingerprint density at radius 3 is 2.11 bits per heavy atom. The molecule has 106 valence electrons. The van der Waals surface area contributed by atoms with Crippen molar-refractivity contribution in [3.63, 3.8) is 0 Å². The summed E-state index contributed by atoms with van der Waals surface area (Å²) in [5, 5.41) is 0. The quantitative estimate of drug-likeness (QED) is 0.341. The van der Waals surface area contributed by atoms with Gasteiger partial charge in [0.25, 0.3) is 8.53 Å². The summed E-state index contributed by atoms with van der Waals surface area (Å²) in [6.45, 7) is 19.1. The normalized spacial score (nSPS) is 13.3. The number of rotatable bonds is 10. The molecule has 5 heteroatoms. The van der Waals surface area contributed by atoms with Crippen LogP contribution in [0.5, 0.6) is 0 Å². The summed E-state index contributed by atoms with van der Waals surface area (Å²) in [7, 11) is -1.04. The monoisotopic (exact) mass is 274 g/mol. The van der Waals surface area contributed by atoms with Crippen molar-refractivity contribution in [2.24, 2.45) is 0 Å². The average molecular weight is 274 g/mol. The van der Waals surface area contributed by atoms with E-state index in [4.69, 9.17) is 15.6 Å². The van der Waals surface area contributed by atoms with E-state index in [1.165, 1.54) is 0 Å². The second-order valence-electron chi connectivity index (χ2n) is 4.71. The first-order chi connectivity index (χ1) is 8.54. The molecule has 0 N–H and O–H groups in total. The zero-order valence-electron chi connectivity index (χ0n) is 12.3. The largest absolute Gasteiger partial charge is 0.322 e. The van der Waals surface area contributed by atoms with Gasteiger partial charge in [0.15, 0.2) is 0 Å². The van der Waals surface area contributed by atoms with Gasteiger partial charge in [-0.05, 0) is 34.1 Å². The van der Waals surface area contributed by atoms with E-state index in [0.717, 1.165) is 19.4 Å². The van der Waals surface area contributed by atoms with Crippen LogP contribution in [0.25, 0.3) is 4.85 Å². The molecule has 0 aliphatic rings. The van der Waals surface area contributed by atoms with Gasteiger partial charge in [0, 0.05) is 12.1 Å². The Labute approximate surface area is 113 Å². The molecular weight excluding hydrogens is 247 g/mol. The lowest BCUT2D eigenvalue weighted by molar-refractivity contribution is 0.177. The van der Waals surface area contributed by atoms with E-state index in [9.17, 15) is 0 Å². The van der Waals surface area contributed by atoms with Gasteiger partial charge in [0.1, 0.15) is 6.61 Å². The molecule has 0 heterocycles. The van der Waals surface area contributed by atoms with Crippen LogP contribution >= 0.6 is 8.53 Å². The van der Waals surface area contributed by atoms with Crippen LogP contribution in [0, 0.1) is 6.57 Å². The first-order valence-corrected chi connectivity index (χ1v) is 7.85. The molecule has 0 fully saturated rings. The van der Waals surface area contributed by atoms with E-state index in [1.807, 2.05) is 0 Å². The van der Waals surface area contributed by atoms with Gasteiger partial charge >= 0.3 is 0 Å². The van der Waals surface area contributed by atoms with Crippen molar-refractivity contribution in [3.8, 4) is 0 Å². The first kappa shape index (κ1) is 17.8. The maximum absolute atomic E-state index is 6.79. The summed E-state index contributed by atoms with van der Waals surface area (Å²) < 4.78 is 13.9. The smallest absolute Gasteiger partial charge is 0.259 e. The highest BCUT2D eigenvalue weighted by Crippen LogP contribution is 2.45. The van der Waals surface area contributed by atoms with Gasteiger partial charge in [0.05, 0.1) is 6.61 Å². The molecule has 1 unspecified atom stereocenters. The van der Waals surface area contributed by atoms with Gasteiger partial charge in [-0.3, -0.25) is 0 Å². The molecule has 0 radical (unpaired) electrons. The fourth-order valence-corrected chi connectivity index (χ4v) is 3.21. The Hall–Kier alpha value is -0.200. The maximum atomic E-state index is 6.79. The zero-order chi connectivity index (χ0) is 14.0. The predicted octanol–water partition coefficient (Wildman–Crippen LogP) is 4.08. The number of unbranched alkanes of at least 4 members (excludes halogenated alkanes) is 1. The topological polar surface area (TPSA) is 26.1 Å². The third kappa shape index (κ3) is 7.28. The molecule has 0 aromatic carbocycles. The summed E-state index contributed by atoms with van der Waals surface area (Å²) >= 11 is 0. The van der Waals surface area contributed by atoms with Gasteiger partial charge in [-0.2, -0.15) is 0 Å². The van der Waals surface area contributed by atoms with Crippen LogP contribution in [0.3, 0.4) is 0 Å². The van der Waals surface area contributed by atoms with Crippen molar-refractivity contribution in [2.45, 2.75) is 59.5 Å². The van der Waals surface area contributed by atoms with Crippen molar-refractivity contribution in [1.29, 1.82) is 0 Å². The molecular formula is C13H27N2O2P. The predicted molar refractivity (Wildman–Crippen MR) is 77.3 cm³/mol. The molecule has 0 rings (SSSR count). The highest BCUT2D eigenvalue weighted by atomic mass is 31.2. The van der Waals surface area contributed by atoms with Gasteiger partial charge in [0.2, 0.25) is 6.54 Å². The van der Waals surface area contributed by atoms with E-state index in [1.54, 1.807) is 0 Å². The minimum Gasteiger partial charge on any atom is -0.322 e. The lowest BCUT2D eigenvalue weighted by atomic mass is 10.3. The molecule has 0 aliphatic heterocycles. The van der Waals surface area contributed by atoms with Crippen molar-refractivity contribution in [3.05, 3.63) is 11.4 Å². The Bertz CT molecular complexity index is 234. The average Bonchev–Trinajstić information content (AvgIpc) is 2.28. The van der Waals surface area contributed by atoms with Crippen LogP contribution in [0.15, 0.2) is 0 Å². The number of hydrogen-bond donors (Lipinski definition) is 0. The third-order valence-electron chi connectivity index (χ3n) is 2.35. The second kappa shape index (κ2) is 10.7. The highest BCUT2D eigenvalue weighted by molar-refractivity contribution is 7.44. The van der Waals surface area contributed by atoms with Gasteiger partial charge in [-0.1, -0.05) is 13.3 Å². The van der Waals surface area contributed by atoms with Crippen molar-refractivity contribution < 1.29 is 9.05 Å². The third-order valence-corrected chi connectivity index (χ3v) is 4.46. The van der Waals surface area contributed by atoms with Gasteiger partial charge in [-0.15, -0.1) is 0 Å². The summed E-state index contributed by atoms with van der Waals surface area (Å²) in [5.74, 6) is 0. The molecule has 1 atom stereocenters. The van der Waals surface area contributed by atoms with Crippen molar-refractivity contribution >= 4 is 8.53 Å². The van der Waals surface area contributed by atoms with Crippen molar-refractivity contribution in [2.75, 3.05) is 19.8 Å². The van der Waals surface area contributed by atoms with E-state index in [0.29, 0.717) is 25.2 Å². The molecule has 0 spiro atoms. The minimum absolute atomic E-state index is 0.380. The summed E-state index contributed by atoms with van der Waals surface area (Å²) in [4.78, 5) is 3.31. The molecule has 4 nitrogen and oxygen atoms in total. The van der Waals surface area contributed by atoms with Crippen LogP contribution in [0.2, 0.25) is 0 Å². The van der Waals surface area contributed by atoms with Crippen LogP contribution in [-0.2, 0) is 9.05 Å². The summed E-state index contributed by atoms with van der Waals surface area (Å²) in [6, 6.07) is 0.761. The molecule has 18 heavy (non-hydrogen) atoms. The highest BCUT2D eigenvalue weighted by Gasteiger charge is 2.27. The fourth-order valence-electron chi connectivity index (χ4n) is 1.60. The molecule has 0 aromatic heterocycles. The standard InChI is InChI=1S/C13H27N2O2P/c1-7-8-10-16-18(17-11-9-14-6)15(12(2)3)13(4)5/h12-13H,7-11H2,1-5H3. The molecule has 0 saturated carbocycles. The second-order valence-corrected chi connectivity index (χ2v) is 6.16. The Balaban J connectivity index is 4.44. The Morgan fingerprint density at radius 1 is 1.11 bits per heavy atom. The van der Waals surface area contributed by atoms with Crippen LogP contribution in [0.1, 0.15) is 47.5 Å². The SMILES string of the molecule is [C-]#[N+]CCOP(OCCCC)N(C(C)C)C(C)C. The Kier molecular flexibility index (Phi) is 10.6. The van der Waals surface area contributed by atoms with E-state index in [2.05, 4.69) is 44.1 Å². The van der Waals surface area contributed by atoms with Crippen LogP contribution in [-0.4, -0.2) is 36.5 Å².